The number of hydrogen-bond donors (Lipinski definition) is 3. The second-order valence-electron chi connectivity index (χ2n) is 6.21. The van der Waals surface area contributed by atoms with Crippen LogP contribution in [-0.2, 0) is 18.3 Å². The largest absolute Gasteiger partial charge is 0.396 e. The molecule has 0 saturated heterocycles. The Morgan fingerprint density at radius 3 is 2.86 bits per heavy atom. The molecular weight excluding hydrogens is 280 g/mol. The summed E-state index contributed by atoms with van der Waals surface area (Å²) >= 11 is 0. The van der Waals surface area contributed by atoms with Crippen LogP contribution >= 0.6 is 0 Å². The molecule has 3 atom stereocenters. The number of aliphatic hydroxyl groups is 2. The number of benzene rings is 1. The Bertz CT molecular complexity index is 680. The highest BCUT2D eigenvalue weighted by atomic mass is 16.3. The summed E-state index contributed by atoms with van der Waals surface area (Å²) in [6, 6.07) is 7.98. The van der Waals surface area contributed by atoms with Gasteiger partial charge in [0.2, 0.25) is 5.91 Å². The molecule has 1 heterocycles. The van der Waals surface area contributed by atoms with E-state index in [2.05, 4.69) is 5.32 Å². The van der Waals surface area contributed by atoms with Crippen LogP contribution in [0.5, 0.6) is 0 Å². The fourth-order valence-corrected chi connectivity index (χ4v) is 3.43. The van der Waals surface area contributed by atoms with Crippen molar-refractivity contribution in [1.82, 2.24) is 9.88 Å². The maximum Gasteiger partial charge on any atom is 0.224 e. The van der Waals surface area contributed by atoms with Crippen molar-refractivity contribution in [3.63, 3.8) is 0 Å². The van der Waals surface area contributed by atoms with Crippen molar-refractivity contribution in [3.8, 4) is 0 Å². The summed E-state index contributed by atoms with van der Waals surface area (Å²) in [4.78, 5) is 12.3. The number of aromatic nitrogens is 1. The van der Waals surface area contributed by atoms with Crippen LogP contribution in [0, 0.1) is 5.92 Å². The van der Waals surface area contributed by atoms with E-state index in [1.165, 1.54) is 0 Å². The van der Waals surface area contributed by atoms with Crippen LogP contribution in [0.1, 0.15) is 18.4 Å². The third kappa shape index (κ3) is 2.87. The Morgan fingerprint density at radius 1 is 1.36 bits per heavy atom. The summed E-state index contributed by atoms with van der Waals surface area (Å²) in [6.07, 6.45) is 2.96. The summed E-state index contributed by atoms with van der Waals surface area (Å²) in [5, 5.41) is 23.0. The summed E-state index contributed by atoms with van der Waals surface area (Å²) in [6.45, 7) is -0.0309. The molecular formula is C17H22N2O3. The summed E-state index contributed by atoms with van der Waals surface area (Å²) in [5.74, 6) is -0.157. The molecule has 5 heteroatoms. The number of rotatable bonds is 4. The van der Waals surface area contributed by atoms with Crippen LogP contribution in [0.25, 0.3) is 10.9 Å². The van der Waals surface area contributed by atoms with E-state index >= 15 is 0 Å². The van der Waals surface area contributed by atoms with Crippen LogP contribution in [0.4, 0.5) is 0 Å². The van der Waals surface area contributed by atoms with Gasteiger partial charge in [0.05, 0.1) is 12.5 Å². The van der Waals surface area contributed by atoms with Crippen molar-refractivity contribution in [2.45, 2.75) is 31.4 Å². The zero-order valence-corrected chi connectivity index (χ0v) is 12.7. The molecule has 118 valence electrons. The van der Waals surface area contributed by atoms with E-state index in [0.717, 1.165) is 16.5 Å². The van der Waals surface area contributed by atoms with E-state index in [-0.39, 0.29) is 24.5 Å². The van der Waals surface area contributed by atoms with Gasteiger partial charge in [-0.25, -0.2) is 0 Å². The number of aryl methyl sites for hydroxylation is 1. The van der Waals surface area contributed by atoms with Crippen molar-refractivity contribution in [1.29, 1.82) is 0 Å². The average molecular weight is 302 g/mol. The standard InChI is InChI=1S/C17H22N2O3/c1-19-9-11(14-4-2-3-5-15(14)19)7-17(22)18-13-6-12(10-20)16(21)8-13/h2-5,9,12-13,16,20-21H,6-8,10H2,1H3,(H,18,22)/t12-,13-,16-/m1/s1. The van der Waals surface area contributed by atoms with Gasteiger partial charge in [-0.15, -0.1) is 0 Å². The molecule has 0 spiro atoms. The second kappa shape index (κ2) is 6.10. The van der Waals surface area contributed by atoms with Gasteiger partial charge >= 0.3 is 0 Å². The molecule has 5 nitrogen and oxygen atoms in total. The van der Waals surface area contributed by atoms with Crippen LogP contribution in [0.3, 0.4) is 0 Å². The molecule has 0 bridgehead atoms. The lowest BCUT2D eigenvalue weighted by Gasteiger charge is -2.12. The van der Waals surface area contributed by atoms with Gasteiger partial charge in [-0.05, 0) is 24.5 Å². The monoisotopic (exact) mass is 302 g/mol. The molecule has 1 saturated carbocycles. The highest BCUT2D eigenvalue weighted by molar-refractivity contribution is 5.89. The summed E-state index contributed by atoms with van der Waals surface area (Å²) < 4.78 is 2.03. The minimum atomic E-state index is -0.521. The second-order valence-corrected chi connectivity index (χ2v) is 6.21. The number of carbonyl (C=O) groups excluding carboxylic acids is 1. The van der Waals surface area contributed by atoms with Gasteiger partial charge in [-0.1, -0.05) is 18.2 Å². The lowest BCUT2D eigenvalue weighted by atomic mass is 10.1. The van der Waals surface area contributed by atoms with Crippen molar-refractivity contribution in [2.24, 2.45) is 13.0 Å². The number of amides is 1. The number of fused-ring (bicyclic) bond motifs is 1. The van der Waals surface area contributed by atoms with Crippen LogP contribution in [-0.4, -0.2) is 39.4 Å². The molecule has 3 N–H and O–H groups in total. The van der Waals surface area contributed by atoms with Crippen LogP contribution < -0.4 is 5.32 Å². The first-order valence-corrected chi connectivity index (χ1v) is 7.69. The molecule has 0 aliphatic heterocycles. The maximum atomic E-state index is 12.3. The minimum Gasteiger partial charge on any atom is -0.396 e. The first kappa shape index (κ1) is 15.1. The molecule has 0 unspecified atom stereocenters. The minimum absolute atomic E-state index is 0.0309. The first-order valence-electron chi connectivity index (χ1n) is 7.69. The smallest absolute Gasteiger partial charge is 0.224 e. The van der Waals surface area contributed by atoms with E-state index in [9.17, 15) is 9.90 Å². The van der Waals surface area contributed by atoms with Gasteiger partial charge in [0.25, 0.3) is 0 Å². The number of para-hydroxylation sites is 1. The van der Waals surface area contributed by atoms with Gasteiger partial charge in [-0.2, -0.15) is 0 Å². The number of carbonyl (C=O) groups is 1. The molecule has 1 aromatic heterocycles. The maximum absolute atomic E-state index is 12.3. The number of aliphatic hydroxyl groups excluding tert-OH is 2. The number of nitrogens with one attached hydrogen (secondary N) is 1. The molecule has 0 radical (unpaired) electrons. The highest BCUT2D eigenvalue weighted by Crippen LogP contribution is 2.26. The SMILES string of the molecule is Cn1cc(CC(=O)N[C@@H]2C[C@H](CO)[C@H](O)C2)c2ccccc21. The molecule has 2 aromatic rings. The number of nitrogens with zero attached hydrogens (tertiary/aromatic N) is 1. The van der Waals surface area contributed by atoms with Crippen molar-refractivity contribution >= 4 is 16.8 Å². The topological polar surface area (TPSA) is 74.5 Å². The molecule has 1 amide bonds. The Labute approximate surface area is 129 Å². The van der Waals surface area contributed by atoms with Crippen LogP contribution in [0.2, 0.25) is 0 Å². The zero-order chi connectivity index (χ0) is 15.7. The van der Waals surface area contributed by atoms with Crippen molar-refractivity contribution < 1.29 is 15.0 Å². The van der Waals surface area contributed by atoms with E-state index < -0.39 is 6.10 Å². The molecule has 1 aromatic carbocycles. The molecule has 22 heavy (non-hydrogen) atoms. The predicted octanol–water partition coefficient (Wildman–Crippen LogP) is 0.969. The van der Waals surface area contributed by atoms with Gasteiger partial charge < -0.3 is 20.1 Å². The van der Waals surface area contributed by atoms with Crippen LogP contribution in [0.15, 0.2) is 30.5 Å². The molecule has 1 aliphatic rings. The highest BCUT2D eigenvalue weighted by Gasteiger charge is 2.33. The zero-order valence-electron chi connectivity index (χ0n) is 12.7. The van der Waals surface area contributed by atoms with E-state index in [4.69, 9.17) is 5.11 Å². The predicted molar refractivity (Wildman–Crippen MR) is 84.4 cm³/mol. The lowest BCUT2D eigenvalue weighted by molar-refractivity contribution is -0.121. The van der Waals surface area contributed by atoms with Gasteiger partial charge in [0.1, 0.15) is 0 Å². The molecule has 1 aliphatic carbocycles. The molecule has 1 fully saturated rings. The third-order valence-corrected chi connectivity index (χ3v) is 4.59. The Balaban J connectivity index is 1.67. The summed E-state index contributed by atoms with van der Waals surface area (Å²) in [7, 11) is 1.98. The van der Waals surface area contributed by atoms with Crippen molar-refractivity contribution in [3.05, 3.63) is 36.0 Å². The third-order valence-electron chi connectivity index (χ3n) is 4.59. The fourth-order valence-electron chi connectivity index (χ4n) is 3.43. The number of hydrogen-bond acceptors (Lipinski definition) is 3. The normalized spacial score (nSPS) is 24.8. The molecule has 3 rings (SSSR count). The fraction of sp³-hybridized carbons (Fsp3) is 0.471. The van der Waals surface area contributed by atoms with Gasteiger partial charge in [-0.3, -0.25) is 4.79 Å². The van der Waals surface area contributed by atoms with E-state index in [1.807, 2.05) is 42.1 Å². The Hall–Kier alpha value is -1.85. The van der Waals surface area contributed by atoms with Gasteiger partial charge in [0.15, 0.2) is 0 Å². The summed E-state index contributed by atoms with van der Waals surface area (Å²) in [5.41, 5.74) is 2.12. The Morgan fingerprint density at radius 2 is 2.14 bits per heavy atom. The van der Waals surface area contributed by atoms with E-state index in [0.29, 0.717) is 19.3 Å². The quantitative estimate of drug-likeness (QED) is 0.788. The van der Waals surface area contributed by atoms with E-state index in [1.54, 1.807) is 0 Å². The van der Waals surface area contributed by atoms with Crippen molar-refractivity contribution in [2.75, 3.05) is 6.61 Å². The Kier molecular flexibility index (Phi) is 4.18. The average Bonchev–Trinajstić information content (AvgIpc) is 3.00. The first-order chi connectivity index (χ1) is 10.6. The lowest BCUT2D eigenvalue weighted by Crippen LogP contribution is -2.34. The van der Waals surface area contributed by atoms with Gasteiger partial charge in [0, 0.05) is 42.7 Å².